The highest BCUT2D eigenvalue weighted by Gasteiger charge is 2.52. The Morgan fingerprint density at radius 2 is 1.88 bits per heavy atom. The second-order valence-corrected chi connectivity index (χ2v) is 9.69. The molecule has 2 aliphatic rings. The van der Waals surface area contributed by atoms with Gasteiger partial charge in [-0.05, 0) is 38.7 Å². The first-order valence-corrected chi connectivity index (χ1v) is 12.6. The topological polar surface area (TPSA) is 96.3 Å². The highest BCUT2D eigenvalue weighted by molar-refractivity contribution is 7.99. The molecular formula is C24H31N5O3S. The van der Waals surface area contributed by atoms with E-state index in [9.17, 15) is 14.4 Å². The zero-order valence-electron chi connectivity index (χ0n) is 19.4. The van der Waals surface area contributed by atoms with E-state index < -0.39 is 23.4 Å². The van der Waals surface area contributed by atoms with Gasteiger partial charge < -0.3 is 9.88 Å². The number of hydrogen-bond acceptors (Lipinski definition) is 5. The molecule has 1 aromatic heterocycles. The number of amides is 4. The van der Waals surface area contributed by atoms with E-state index in [4.69, 9.17) is 0 Å². The van der Waals surface area contributed by atoms with E-state index >= 15 is 0 Å². The number of benzene rings is 1. The van der Waals surface area contributed by atoms with Crippen molar-refractivity contribution < 1.29 is 14.4 Å². The molecule has 1 atom stereocenters. The fourth-order valence-corrected chi connectivity index (χ4v) is 5.74. The Morgan fingerprint density at radius 3 is 2.55 bits per heavy atom. The van der Waals surface area contributed by atoms with Crippen LogP contribution in [0.15, 0.2) is 35.5 Å². The molecule has 0 radical (unpaired) electrons. The molecule has 2 N–H and O–H groups in total. The minimum Gasteiger partial charge on any atom is -0.320 e. The predicted octanol–water partition coefficient (Wildman–Crippen LogP) is 3.99. The van der Waals surface area contributed by atoms with E-state index in [1.807, 2.05) is 32.0 Å². The molecular weight excluding hydrogens is 438 g/mol. The Bertz CT molecular complexity index is 1050. The lowest BCUT2D eigenvalue weighted by Crippen LogP contribution is -2.49. The van der Waals surface area contributed by atoms with Crippen molar-refractivity contribution in [2.75, 3.05) is 5.75 Å². The Hall–Kier alpha value is -2.81. The number of aromatic nitrogens is 2. The average molecular weight is 470 g/mol. The number of aryl methyl sites for hydroxylation is 1. The summed E-state index contributed by atoms with van der Waals surface area (Å²) in [5, 5.41) is 4.40. The predicted molar refractivity (Wildman–Crippen MR) is 126 cm³/mol. The van der Waals surface area contributed by atoms with Gasteiger partial charge in [-0.25, -0.2) is 9.78 Å². The minimum atomic E-state index is -1.18. The number of carbonyl (C=O) groups excluding carboxylic acids is 3. The number of thioether (sulfide) groups is 1. The number of urea groups is 1. The van der Waals surface area contributed by atoms with Crippen LogP contribution in [0.3, 0.4) is 0 Å². The van der Waals surface area contributed by atoms with Gasteiger partial charge in [0.15, 0.2) is 5.16 Å². The summed E-state index contributed by atoms with van der Waals surface area (Å²) in [6, 6.07) is 8.89. The second kappa shape index (κ2) is 9.59. The Kier molecular flexibility index (Phi) is 6.78. The van der Waals surface area contributed by atoms with Crippen LogP contribution in [-0.2, 0) is 15.1 Å². The highest BCUT2D eigenvalue weighted by atomic mass is 32.2. The summed E-state index contributed by atoms with van der Waals surface area (Å²) in [7, 11) is 0. The zero-order valence-corrected chi connectivity index (χ0v) is 20.2. The van der Waals surface area contributed by atoms with Crippen LogP contribution in [0, 0.1) is 13.8 Å². The number of nitrogens with zero attached hydrogens (tertiary/aromatic N) is 3. The van der Waals surface area contributed by atoms with Gasteiger partial charge in [0.05, 0.1) is 11.4 Å². The Morgan fingerprint density at radius 1 is 1.18 bits per heavy atom. The summed E-state index contributed by atoms with van der Waals surface area (Å²) >= 11 is 1.34. The third kappa shape index (κ3) is 4.38. The van der Waals surface area contributed by atoms with Crippen LogP contribution in [-0.4, -0.2) is 38.2 Å². The molecule has 8 nitrogen and oxygen atoms in total. The molecule has 33 heavy (non-hydrogen) atoms. The molecule has 2 aromatic rings. The maximum Gasteiger partial charge on any atom is 0.344 e. The van der Waals surface area contributed by atoms with Crippen molar-refractivity contribution in [2.45, 2.75) is 76.0 Å². The van der Waals surface area contributed by atoms with Gasteiger partial charge in [-0.3, -0.25) is 15.0 Å². The number of imide groups is 1. The summed E-state index contributed by atoms with van der Waals surface area (Å²) in [4.78, 5) is 43.2. The van der Waals surface area contributed by atoms with E-state index in [1.54, 1.807) is 12.1 Å². The molecule has 1 unspecified atom stereocenters. The van der Waals surface area contributed by atoms with Crippen molar-refractivity contribution in [1.82, 2.24) is 25.3 Å². The fraction of sp³-hybridized carbons (Fsp3) is 0.500. The standard InChI is InChI=1S/C24H31N5O3S/c1-4-24(18-11-7-5-8-12-18)21(31)29(22(32)26-24)27-20(30)15-33-23-25-16(2)17(3)28(23)19-13-9-6-10-14-19/h5,7-8,11-12,19H,4,6,9-10,13-15H2,1-3H3,(H,26,32)(H,27,30). The molecule has 1 aliphatic carbocycles. The van der Waals surface area contributed by atoms with Crippen LogP contribution in [0.25, 0.3) is 0 Å². The second-order valence-electron chi connectivity index (χ2n) is 8.75. The van der Waals surface area contributed by atoms with Gasteiger partial charge in [-0.2, -0.15) is 5.01 Å². The van der Waals surface area contributed by atoms with E-state index in [2.05, 4.69) is 27.2 Å². The van der Waals surface area contributed by atoms with Crippen molar-refractivity contribution in [3.05, 3.63) is 47.3 Å². The number of nitrogens with one attached hydrogen (secondary N) is 2. The highest BCUT2D eigenvalue weighted by Crippen LogP contribution is 2.34. The third-order valence-corrected chi connectivity index (χ3v) is 7.70. The Balaban J connectivity index is 1.44. The van der Waals surface area contributed by atoms with Crippen LogP contribution in [0.5, 0.6) is 0 Å². The van der Waals surface area contributed by atoms with Gasteiger partial charge in [0.2, 0.25) is 5.91 Å². The Labute approximate surface area is 198 Å². The first kappa shape index (κ1) is 23.4. The number of hydrogen-bond donors (Lipinski definition) is 2. The maximum atomic E-state index is 13.2. The molecule has 1 aromatic carbocycles. The number of imidazole rings is 1. The molecule has 0 bridgehead atoms. The molecule has 0 spiro atoms. The van der Waals surface area contributed by atoms with Crippen LogP contribution in [0.2, 0.25) is 0 Å². The van der Waals surface area contributed by atoms with E-state index in [0.717, 1.165) is 34.4 Å². The van der Waals surface area contributed by atoms with Gasteiger partial charge in [-0.1, -0.05) is 68.3 Å². The van der Waals surface area contributed by atoms with E-state index in [-0.39, 0.29) is 5.75 Å². The van der Waals surface area contributed by atoms with Crippen LogP contribution in [0.4, 0.5) is 4.79 Å². The first-order valence-electron chi connectivity index (χ1n) is 11.6. The van der Waals surface area contributed by atoms with Crippen LogP contribution in [0.1, 0.15) is 68.4 Å². The number of rotatable bonds is 7. The van der Waals surface area contributed by atoms with Crippen molar-refractivity contribution in [2.24, 2.45) is 0 Å². The normalized spacial score (nSPS) is 21.4. The van der Waals surface area contributed by atoms with Gasteiger partial charge in [0, 0.05) is 11.7 Å². The van der Waals surface area contributed by atoms with Gasteiger partial charge in [-0.15, -0.1) is 0 Å². The minimum absolute atomic E-state index is 0.0597. The molecule has 1 saturated carbocycles. The monoisotopic (exact) mass is 469 g/mol. The molecule has 4 amide bonds. The van der Waals surface area contributed by atoms with E-state index in [1.165, 1.54) is 31.0 Å². The largest absolute Gasteiger partial charge is 0.344 e. The molecule has 4 rings (SSSR count). The van der Waals surface area contributed by atoms with Crippen molar-refractivity contribution in [3.8, 4) is 0 Å². The lowest BCUT2D eigenvalue weighted by atomic mass is 9.87. The maximum absolute atomic E-state index is 13.2. The molecule has 1 aliphatic heterocycles. The average Bonchev–Trinajstić information content (AvgIpc) is 3.26. The number of carbonyl (C=O) groups is 3. The quantitative estimate of drug-likeness (QED) is 0.472. The van der Waals surface area contributed by atoms with Crippen LogP contribution < -0.4 is 10.7 Å². The summed E-state index contributed by atoms with van der Waals surface area (Å²) < 4.78 is 2.26. The van der Waals surface area contributed by atoms with E-state index in [0.29, 0.717) is 18.0 Å². The lowest BCUT2D eigenvalue weighted by molar-refractivity contribution is -0.138. The SMILES string of the molecule is CCC1(c2ccccc2)NC(=O)N(NC(=O)CSc2nc(C)c(C)n2C2CCCCC2)C1=O. The molecule has 2 heterocycles. The number of hydrazine groups is 1. The zero-order chi connectivity index (χ0) is 23.6. The molecule has 9 heteroatoms. The van der Waals surface area contributed by atoms with Crippen molar-refractivity contribution in [1.29, 1.82) is 0 Å². The van der Waals surface area contributed by atoms with Gasteiger partial charge >= 0.3 is 6.03 Å². The van der Waals surface area contributed by atoms with Crippen molar-refractivity contribution >= 4 is 29.6 Å². The molecule has 2 fully saturated rings. The first-order chi connectivity index (χ1) is 15.9. The van der Waals surface area contributed by atoms with Crippen LogP contribution >= 0.6 is 11.8 Å². The summed E-state index contributed by atoms with van der Waals surface area (Å²) in [5.74, 6) is -0.837. The van der Waals surface area contributed by atoms with Crippen molar-refractivity contribution in [3.63, 3.8) is 0 Å². The summed E-state index contributed by atoms with van der Waals surface area (Å²) in [5.41, 5.74) is 4.12. The molecule has 176 valence electrons. The summed E-state index contributed by atoms with van der Waals surface area (Å²) in [6.07, 6.45) is 6.30. The lowest BCUT2D eigenvalue weighted by Gasteiger charge is -2.26. The fourth-order valence-electron chi connectivity index (χ4n) is 4.79. The smallest absolute Gasteiger partial charge is 0.320 e. The molecule has 1 saturated heterocycles. The van der Waals surface area contributed by atoms with Gasteiger partial charge in [0.25, 0.3) is 5.91 Å². The summed E-state index contributed by atoms with van der Waals surface area (Å²) in [6.45, 7) is 5.89. The third-order valence-electron chi connectivity index (χ3n) is 6.75. The van der Waals surface area contributed by atoms with Gasteiger partial charge in [0.1, 0.15) is 5.54 Å².